The highest BCUT2D eigenvalue weighted by molar-refractivity contribution is 5.55. The van der Waals surface area contributed by atoms with E-state index in [4.69, 9.17) is 0 Å². The van der Waals surface area contributed by atoms with Crippen LogP contribution in [0.4, 0.5) is 5.69 Å². The smallest absolute Gasteiger partial charge is 0.0398 e. The van der Waals surface area contributed by atoms with Crippen molar-refractivity contribution >= 4 is 5.69 Å². The molecule has 0 amide bonds. The van der Waals surface area contributed by atoms with Crippen LogP contribution in [0.2, 0.25) is 0 Å². The van der Waals surface area contributed by atoms with E-state index in [1.54, 1.807) is 0 Å². The van der Waals surface area contributed by atoms with Gasteiger partial charge in [-0.2, -0.15) is 0 Å². The van der Waals surface area contributed by atoms with Crippen LogP contribution in [-0.4, -0.2) is 37.6 Å². The Bertz CT molecular complexity index is 634. The molecule has 1 unspecified atom stereocenters. The van der Waals surface area contributed by atoms with Gasteiger partial charge in [-0.05, 0) is 56.1 Å². The van der Waals surface area contributed by atoms with E-state index in [9.17, 15) is 0 Å². The minimum absolute atomic E-state index is 0.627. The summed E-state index contributed by atoms with van der Waals surface area (Å²) in [6, 6.07) is 20.1. The van der Waals surface area contributed by atoms with Gasteiger partial charge in [0.2, 0.25) is 0 Å². The first kappa shape index (κ1) is 18.0. The quantitative estimate of drug-likeness (QED) is 0.705. The fourth-order valence-corrected chi connectivity index (χ4v) is 4.05. The number of hydrogen-bond donors (Lipinski definition) is 0. The second-order valence-electron chi connectivity index (χ2n) is 7.10. The monoisotopic (exact) mass is 336 g/mol. The molecule has 0 bridgehead atoms. The molecule has 0 saturated heterocycles. The minimum atomic E-state index is 0.627. The van der Waals surface area contributed by atoms with Crippen LogP contribution in [0.25, 0.3) is 0 Å². The second-order valence-corrected chi connectivity index (χ2v) is 7.10. The van der Waals surface area contributed by atoms with E-state index in [2.05, 4.69) is 78.2 Å². The highest BCUT2D eigenvalue weighted by atomic mass is 15.2. The molecule has 0 aromatic heterocycles. The van der Waals surface area contributed by atoms with E-state index in [0.717, 1.165) is 26.2 Å². The van der Waals surface area contributed by atoms with Crippen LogP contribution in [0.5, 0.6) is 0 Å². The van der Waals surface area contributed by atoms with Crippen molar-refractivity contribution < 1.29 is 0 Å². The normalized spacial score (nSPS) is 17.4. The van der Waals surface area contributed by atoms with Gasteiger partial charge in [0.1, 0.15) is 0 Å². The highest BCUT2D eigenvalue weighted by Crippen LogP contribution is 2.33. The second kappa shape index (κ2) is 9.05. The largest absolute Gasteiger partial charge is 0.371 e. The average Bonchev–Trinajstić information content (AvgIpc) is 2.86. The maximum Gasteiger partial charge on any atom is 0.0398 e. The van der Waals surface area contributed by atoms with Gasteiger partial charge >= 0.3 is 0 Å². The van der Waals surface area contributed by atoms with Gasteiger partial charge in [-0.15, -0.1) is 0 Å². The van der Waals surface area contributed by atoms with Crippen LogP contribution >= 0.6 is 0 Å². The molecule has 2 heteroatoms. The maximum absolute atomic E-state index is 2.64. The first-order chi connectivity index (χ1) is 12.3. The maximum atomic E-state index is 2.64. The molecule has 2 aromatic carbocycles. The third-order valence-corrected chi connectivity index (χ3v) is 5.60. The van der Waals surface area contributed by atoms with Crippen LogP contribution in [0.15, 0.2) is 54.6 Å². The molecule has 0 fully saturated rings. The lowest BCUT2D eigenvalue weighted by Gasteiger charge is -2.29. The molecule has 1 aliphatic heterocycles. The van der Waals surface area contributed by atoms with E-state index in [-0.39, 0.29) is 0 Å². The molecule has 3 rings (SSSR count). The number of benzene rings is 2. The summed E-state index contributed by atoms with van der Waals surface area (Å²) >= 11 is 0. The predicted molar refractivity (Wildman–Crippen MR) is 109 cm³/mol. The summed E-state index contributed by atoms with van der Waals surface area (Å²) in [6.45, 7) is 10.3. The molecule has 2 nitrogen and oxygen atoms in total. The van der Waals surface area contributed by atoms with Crippen LogP contribution in [0.1, 0.15) is 43.7 Å². The van der Waals surface area contributed by atoms with Gasteiger partial charge < -0.3 is 9.80 Å². The molecule has 1 aliphatic rings. The third-order valence-electron chi connectivity index (χ3n) is 5.60. The van der Waals surface area contributed by atoms with Gasteiger partial charge in [0.15, 0.2) is 0 Å². The van der Waals surface area contributed by atoms with E-state index in [0.29, 0.717) is 5.92 Å². The molecule has 134 valence electrons. The number of fused-ring (bicyclic) bond motifs is 1. The van der Waals surface area contributed by atoms with Crippen molar-refractivity contribution in [2.75, 3.05) is 37.6 Å². The zero-order valence-corrected chi connectivity index (χ0v) is 15.8. The first-order valence-electron chi connectivity index (χ1n) is 9.92. The summed E-state index contributed by atoms with van der Waals surface area (Å²) in [4.78, 5) is 5.17. The SMILES string of the molecule is CCN(CC)CCCN1CC(c2ccccc2)CCc2ccccc21. The van der Waals surface area contributed by atoms with Crippen molar-refractivity contribution in [3.05, 3.63) is 65.7 Å². The Hall–Kier alpha value is -1.80. The molecule has 0 saturated carbocycles. The summed E-state index contributed by atoms with van der Waals surface area (Å²) in [5, 5.41) is 0. The van der Waals surface area contributed by atoms with Crippen molar-refractivity contribution in [3.8, 4) is 0 Å². The molecule has 0 spiro atoms. The molecule has 0 N–H and O–H groups in total. The zero-order chi connectivity index (χ0) is 17.5. The number of anilines is 1. The van der Waals surface area contributed by atoms with Crippen LogP contribution < -0.4 is 4.90 Å². The first-order valence-corrected chi connectivity index (χ1v) is 9.92. The third kappa shape index (κ3) is 4.64. The van der Waals surface area contributed by atoms with Gasteiger partial charge in [-0.3, -0.25) is 0 Å². The summed E-state index contributed by atoms with van der Waals surface area (Å²) in [5.41, 5.74) is 4.47. The predicted octanol–water partition coefficient (Wildman–Crippen LogP) is 4.95. The summed E-state index contributed by atoms with van der Waals surface area (Å²) in [6.07, 6.45) is 3.66. The van der Waals surface area contributed by atoms with Crippen molar-refractivity contribution in [3.63, 3.8) is 0 Å². The van der Waals surface area contributed by atoms with Gasteiger partial charge in [-0.1, -0.05) is 62.4 Å². The lowest BCUT2D eigenvalue weighted by Crippen LogP contribution is -2.32. The highest BCUT2D eigenvalue weighted by Gasteiger charge is 2.22. The fourth-order valence-electron chi connectivity index (χ4n) is 4.05. The topological polar surface area (TPSA) is 6.48 Å². The number of para-hydroxylation sites is 1. The van der Waals surface area contributed by atoms with Crippen molar-refractivity contribution in [1.29, 1.82) is 0 Å². The Morgan fingerprint density at radius 1 is 0.960 bits per heavy atom. The zero-order valence-electron chi connectivity index (χ0n) is 15.8. The number of nitrogens with zero attached hydrogens (tertiary/aromatic N) is 2. The number of hydrogen-bond acceptors (Lipinski definition) is 2. The van der Waals surface area contributed by atoms with Crippen molar-refractivity contribution in [1.82, 2.24) is 4.90 Å². The molecule has 2 aromatic rings. The standard InChI is InChI=1S/C23H32N2/c1-3-24(4-2)17-10-18-25-19-22(20-11-6-5-7-12-20)16-15-21-13-8-9-14-23(21)25/h5-9,11-14,22H,3-4,10,15-19H2,1-2H3. The molecular formula is C23H32N2. The summed E-state index contributed by atoms with van der Waals surface area (Å²) in [5.74, 6) is 0.627. The average molecular weight is 337 g/mol. The molecule has 25 heavy (non-hydrogen) atoms. The van der Waals surface area contributed by atoms with Crippen LogP contribution in [0, 0.1) is 0 Å². The Balaban J connectivity index is 1.74. The minimum Gasteiger partial charge on any atom is -0.371 e. The summed E-state index contributed by atoms with van der Waals surface area (Å²) in [7, 11) is 0. The lowest BCUT2D eigenvalue weighted by atomic mass is 9.93. The van der Waals surface area contributed by atoms with Crippen molar-refractivity contribution in [2.24, 2.45) is 0 Å². The molecule has 1 atom stereocenters. The van der Waals surface area contributed by atoms with Gasteiger partial charge in [0.25, 0.3) is 0 Å². The van der Waals surface area contributed by atoms with Crippen molar-refractivity contribution in [2.45, 2.75) is 39.0 Å². The number of rotatable bonds is 7. The Morgan fingerprint density at radius 2 is 1.68 bits per heavy atom. The lowest BCUT2D eigenvalue weighted by molar-refractivity contribution is 0.300. The van der Waals surface area contributed by atoms with Crippen LogP contribution in [-0.2, 0) is 6.42 Å². The Labute approximate surface area is 153 Å². The Kier molecular flexibility index (Phi) is 6.52. The number of aryl methyl sites for hydroxylation is 1. The van der Waals surface area contributed by atoms with Crippen LogP contribution in [0.3, 0.4) is 0 Å². The molecule has 0 aliphatic carbocycles. The fraction of sp³-hybridized carbons (Fsp3) is 0.478. The van der Waals surface area contributed by atoms with E-state index in [1.165, 1.54) is 42.6 Å². The summed E-state index contributed by atoms with van der Waals surface area (Å²) < 4.78 is 0. The van der Waals surface area contributed by atoms with Gasteiger partial charge in [0.05, 0.1) is 0 Å². The molecule has 0 radical (unpaired) electrons. The Morgan fingerprint density at radius 3 is 2.44 bits per heavy atom. The van der Waals surface area contributed by atoms with E-state index >= 15 is 0 Å². The van der Waals surface area contributed by atoms with E-state index in [1.807, 2.05) is 0 Å². The molecular weight excluding hydrogens is 304 g/mol. The van der Waals surface area contributed by atoms with Gasteiger partial charge in [-0.25, -0.2) is 0 Å². The molecule has 1 heterocycles. The van der Waals surface area contributed by atoms with Gasteiger partial charge in [0, 0.05) is 24.7 Å². The van der Waals surface area contributed by atoms with E-state index < -0.39 is 0 Å².